The van der Waals surface area contributed by atoms with E-state index in [1.807, 2.05) is 0 Å². The molecule has 1 saturated heterocycles. The Balaban J connectivity index is 1.64. The van der Waals surface area contributed by atoms with Crippen LogP contribution >= 0.6 is 11.6 Å². The second-order valence-corrected chi connectivity index (χ2v) is 6.57. The SMILES string of the molecule is O=C(O)c1ccc(Cl)c(-c2ccc(/C=C3/NC(=O)N(c4ccccc4)C3=O)o2)c1. The number of carboxylic acids is 1. The standard InChI is InChI=1S/C21H13ClN2O5/c22-16-8-6-12(20(26)27)10-15(16)18-9-7-14(29-18)11-17-19(25)24(21(28)23-17)13-4-2-1-3-5-13/h1-11H,(H,23,28)(H,26,27)/b17-11+. The van der Waals surface area contributed by atoms with Crippen molar-refractivity contribution in [1.82, 2.24) is 5.32 Å². The molecule has 1 fully saturated rings. The number of carbonyl (C=O) groups excluding carboxylic acids is 2. The van der Waals surface area contributed by atoms with Gasteiger partial charge in [-0.25, -0.2) is 14.5 Å². The number of para-hydroxylation sites is 1. The molecule has 2 aromatic carbocycles. The van der Waals surface area contributed by atoms with Crippen molar-refractivity contribution in [2.24, 2.45) is 0 Å². The lowest BCUT2D eigenvalue weighted by molar-refractivity contribution is -0.113. The molecule has 0 radical (unpaired) electrons. The highest BCUT2D eigenvalue weighted by Crippen LogP contribution is 2.31. The number of urea groups is 1. The maximum absolute atomic E-state index is 12.6. The third-order valence-corrected chi connectivity index (χ3v) is 4.61. The van der Waals surface area contributed by atoms with E-state index < -0.39 is 17.9 Å². The van der Waals surface area contributed by atoms with E-state index in [2.05, 4.69) is 5.32 Å². The van der Waals surface area contributed by atoms with E-state index in [1.165, 1.54) is 24.3 Å². The number of halogens is 1. The summed E-state index contributed by atoms with van der Waals surface area (Å²) in [6.45, 7) is 0. The van der Waals surface area contributed by atoms with Crippen molar-refractivity contribution in [1.29, 1.82) is 0 Å². The van der Waals surface area contributed by atoms with Gasteiger partial charge in [0.2, 0.25) is 0 Å². The number of hydrogen-bond donors (Lipinski definition) is 2. The Morgan fingerprint density at radius 3 is 2.55 bits per heavy atom. The average Bonchev–Trinajstić information content (AvgIpc) is 3.27. The molecule has 0 aliphatic carbocycles. The van der Waals surface area contributed by atoms with Crippen LogP contribution in [-0.4, -0.2) is 23.0 Å². The van der Waals surface area contributed by atoms with Crippen LogP contribution < -0.4 is 10.2 Å². The first kappa shape index (κ1) is 18.5. The van der Waals surface area contributed by atoms with Gasteiger partial charge in [-0.1, -0.05) is 29.8 Å². The third kappa shape index (κ3) is 3.51. The van der Waals surface area contributed by atoms with E-state index in [0.29, 0.717) is 27.8 Å². The predicted octanol–water partition coefficient (Wildman–Crippen LogP) is 4.40. The van der Waals surface area contributed by atoms with Gasteiger partial charge in [-0.05, 0) is 42.5 Å². The fraction of sp³-hybridized carbons (Fsp3) is 0. The lowest BCUT2D eigenvalue weighted by Crippen LogP contribution is -2.30. The molecule has 2 heterocycles. The molecule has 29 heavy (non-hydrogen) atoms. The van der Waals surface area contributed by atoms with Gasteiger partial charge in [-0.2, -0.15) is 0 Å². The van der Waals surface area contributed by atoms with Gasteiger partial charge >= 0.3 is 12.0 Å². The van der Waals surface area contributed by atoms with Gasteiger partial charge in [0.1, 0.15) is 17.2 Å². The minimum Gasteiger partial charge on any atom is -0.478 e. The molecule has 0 spiro atoms. The Bertz CT molecular complexity index is 1170. The summed E-state index contributed by atoms with van der Waals surface area (Å²) in [5.74, 6) is -0.959. The van der Waals surface area contributed by atoms with E-state index >= 15 is 0 Å². The molecule has 1 aromatic heterocycles. The zero-order chi connectivity index (χ0) is 20.5. The molecular formula is C21H13ClN2O5. The molecule has 1 aliphatic heterocycles. The van der Waals surface area contributed by atoms with Crippen molar-refractivity contribution in [2.75, 3.05) is 4.90 Å². The third-order valence-electron chi connectivity index (χ3n) is 4.28. The van der Waals surface area contributed by atoms with Crippen molar-refractivity contribution in [3.63, 3.8) is 0 Å². The minimum absolute atomic E-state index is 0.0603. The first-order chi connectivity index (χ1) is 13.9. The van der Waals surface area contributed by atoms with Gasteiger partial charge in [0, 0.05) is 11.6 Å². The molecule has 7 nitrogen and oxygen atoms in total. The number of nitrogens with zero attached hydrogens (tertiary/aromatic N) is 1. The van der Waals surface area contributed by atoms with Crippen LogP contribution in [0.4, 0.5) is 10.5 Å². The molecule has 0 saturated carbocycles. The lowest BCUT2D eigenvalue weighted by atomic mass is 10.1. The number of aromatic carboxylic acids is 1. The Morgan fingerprint density at radius 1 is 1.07 bits per heavy atom. The Morgan fingerprint density at radius 2 is 1.83 bits per heavy atom. The van der Waals surface area contributed by atoms with E-state index in [-0.39, 0.29) is 11.3 Å². The van der Waals surface area contributed by atoms with Crippen LogP contribution in [0.15, 0.2) is 70.8 Å². The summed E-state index contributed by atoms with van der Waals surface area (Å²) in [6, 6.07) is 15.5. The van der Waals surface area contributed by atoms with Crippen LogP contribution in [0.5, 0.6) is 0 Å². The maximum Gasteiger partial charge on any atom is 0.335 e. The van der Waals surface area contributed by atoms with E-state index in [4.69, 9.17) is 21.1 Å². The number of imide groups is 1. The summed E-state index contributed by atoms with van der Waals surface area (Å²) in [5.41, 5.74) is 0.988. The fourth-order valence-corrected chi connectivity index (χ4v) is 3.12. The monoisotopic (exact) mass is 408 g/mol. The number of hydrogen-bond acceptors (Lipinski definition) is 4. The van der Waals surface area contributed by atoms with Crippen LogP contribution in [-0.2, 0) is 4.79 Å². The Labute approximate surface area is 169 Å². The lowest BCUT2D eigenvalue weighted by Gasteiger charge is -2.10. The van der Waals surface area contributed by atoms with Gasteiger partial charge in [-0.3, -0.25) is 4.79 Å². The smallest absolute Gasteiger partial charge is 0.335 e. The number of benzene rings is 2. The summed E-state index contributed by atoms with van der Waals surface area (Å²) in [7, 11) is 0. The molecule has 3 amide bonds. The number of furan rings is 1. The van der Waals surface area contributed by atoms with E-state index in [0.717, 1.165) is 4.90 Å². The predicted molar refractivity (Wildman–Crippen MR) is 107 cm³/mol. The molecule has 0 atom stereocenters. The van der Waals surface area contributed by atoms with Crippen molar-refractivity contribution < 1.29 is 23.9 Å². The number of amides is 3. The number of anilines is 1. The van der Waals surface area contributed by atoms with Gasteiger partial charge in [0.05, 0.1) is 16.3 Å². The van der Waals surface area contributed by atoms with Crippen molar-refractivity contribution >= 4 is 41.3 Å². The second-order valence-electron chi connectivity index (χ2n) is 6.17. The number of nitrogens with one attached hydrogen (secondary N) is 1. The van der Waals surface area contributed by atoms with Crippen LogP contribution in [0.1, 0.15) is 16.1 Å². The van der Waals surface area contributed by atoms with Crippen LogP contribution in [0.2, 0.25) is 5.02 Å². The van der Waals surface area contributed by atoms with Crippen molar-refractivity contribution in [3.8, 4) is 11.3 Å². The molecular weight excluding hydrogens is 396 g/mol. The number of rotatable bonds is 4. The molecule has 8 heteroatoms. The molecule has 0 unspecified atom stereocenters. The fourth-order valence-electron chi connectivity index (χ4n) is 2.91. The Kier molecular flexibility index (Phi) is 4.66. The zero-order valence-corrected chi connectivity index (χ0v) is 15.5. The first-order valence-electron chi connectivity index (χ1n) is 8.49. The summed E-state index contributed by atoms with van der Waals surface area (Å²) in [5, 5.41) is 12.0. The zero-order valence-electron chi connectivity index (χ0n) is 14.8. The van der Waals surface area contributed by atoms with Gasteiger partial charge < -0.3 is 14.8 Å². The molecule has 1 aliphatic rings. The van der Waals surface area contributed by atoms with Crippen LogP contribution in [0.3, 0.4) is 0 Å². The van der Waals surface area contributed by atoms with Gasteiger partial charge in [0.15, 0.2) is 0 Å². The van der Waals surface area contributed by atoms with Crippen LogP contribution in [0.25, 0.3) is 17.4 Å². The van der Waals surface area contributed by atoms with Gasteiger partial charge in [-0.15, -0.1) is 0 Å². The van der Waals surface area contributed by atoms with Gasteiger partial charge in [0.25, 0.3) is 5.91 Å². The first-order valence-corrected chi connectivity index (χ1v) is 8.87. The topological polar surface area (TPSA) is 99.9 Å². The molecule has 3 aromatic rings. The summed E-state index contributed by atoms with van der Waals surface area (Å²) in [6.07, 6.45) is 1.40. The Hall–Kier alpha value is -3.84. The normalized spacial score (nSPS) is 15.1. The highest BCUT2D eigenvalue weighted by molar-refractivity contribution is 6.33. The van der Waals surface area contributed by atoms with E-state index in [9.17, 15) is 14.4 Å². The van der Waals surface area contributed by atoms with Crippen LogP contribution in [0, 0.1) is 0 Å². The van der Waals surface area contributed by atoms with E-state index in [1.54, 1.807) is 42.5 Å². The molecule has 144 valence electrons. The average molecular weight is 409 g/mol. The summed E-state index contributed by atoms with van der Waals surface area (Å²) >= 11 is 6.16. The largest absolute Gasteiger partial charge is 0.478 e. The highest BCUT2D eigenvalue weighted by Gasteiger charge is 2.35. The number of carboxylic acid groups (broad SMARTS) is 1. The maximum atomic E-state index is 12.6. The second kappa shape index (κ2) is 7.29. The summed E-state index contributed by atoms with van der Waals surface area (Å²) < 4.78 is 5.70. The molecule has 0 bridgehead atoms. The molecule has 2 N–H and O–H groups in total. The van der Waals surface area contributed by atoms with Crippen molar-refractivity contribution in [3.05, 3.63) is 82.7 Å². The van der Waals surface area contributed by atoms with Crippen molar-refractivity contribution in [2.45, 2.75) is 0 Å². The minimum atomic E-state index is -1.09. The quantitative estimate of drug-likeness (QED) is 0.492. The highest BCUT2D eigenvalue weighted by atomic mass is 35.5. The molecule has 4 rings (SSSR count). The number of carbonyl (C=O) groups is 3. The summed E-state index contributed by atoms with van der Waals surface area (Å²) in [4.78, 5) is 37.0.